The molecule has 0 atom stereocenters. The highest BCUT2D eigenvalue weighted by Crippen LogP contribution is 2.41. The summed E-state index contributed by atoms with van der Waals surface area (Å²) in [5.41, 5.74) is 4.90. The minimum absolute atomic E-state index is 0.0323. The Morgan fingerprint density at radius 3 is 2.66 bits per heavy atom. The molecule has 2 aromatic heterocycles. The largest absolute Gasteiger partial charge is 0.434 e. The van der Waals surface area contributed by atoms with Gasteiger partial charge in [0.05, 0.1) is 12.3 Å². The molecule has 0 radical (unpaired) electrons. The van der Waals surface area contributed by atoms with Crippen LogP contribution in [0.1, 0.15) is 25.0 Å². The van der Waals surface area contributed by atoms with Gasteiger partial charge < -0.3 is 20.4 Å². The molecule has 156 valence electrons. The molecule has 6 nitrogen and oxygen atoms in total. The summed E-state index contributed by atoms with van der Waals surface area (Å²) >= 11 is 0.679. The number of H-pyrrole nitrogens is 1. The molecule has 0 amide bonds. The molecule has 10 heteroatoms. The number of hydrogen-bond donors (Lipinski definition) is 2. The van der Waals surface area contributed by atoms with Gasteiger partial charge in [-0.3, -0.25) is 9.78 Å². The highest BCUT2D eigenvalue weighted by Gasteiger charge is 2.38. The third-order valence-corrected chi connectivity index (χ3v) is 6.78. The van der Waals surface area contributed by atoms with E-state index in [1.54, 1.807) is 6.07 Å². The standard InChI is InChI=1S/C19H21F3N4O2S/c20-19(21,22)16-13(2-1-6-24-16)29-15-12(23)10-14(25-17(15)27)26-7-3-18(4-8-26)5-9-28-11-18/h1-2,6,10H,3-5,7-9,11H2,(H3,23,25,27). The van der Waals surface area contributed by atoms with Crippen molar-refractivity contribution in [2.75, 3.05) is 36.9 Å². The summed E-state index contributed by atoms with van der Waals surface area (Å²) in [7, 11) is 0. The number of nitrogen functional groups attached to an aromatic ring is 1. The van der Waals surface area contributed by atoms with E-state index in [0.29, 0.717) is 17.6 Å². The van der Waals surface area contributed by atoms with E-state index in [0.717, 1.165) is 51.8 Å². The average molecular weight is 426 g/mol. The van der Waals surface area contributed by atoms with Crippen molar-refractivity contribution in [2.24, 2.45) is 5.41 Å². The third kappa shape index (κ3) is 4.09. The van der Waals surface area contributed by atoms with E-state index >= 15 is 0 Å². The second-order valence-electron chi connectivity index (χ2n) is 7.51. The van der Waals surface area contributed by atoms with Gasteiger partial charge in [-0.1, -0.05) is 11.8 Å². The Morgan fingerprint density at radius 1 is 1.28 bits per heavy atom. The quantitative estimate of drug-likeness (QED) is 0.781. The number of alkyl halides is 3. The Kier molecular flexibility index (Phi) is 5.24. The molecule has 4 heterocycles. The number of aromatic amines is 1. The molecule has 29 heavy (non-hydrogen) atoms. The predicted molar refractivity (Wildman–Crippen MR) is 104 cm³/mol. The maximum absolute atomic E-state index is 13.2. The summed E-state index contributed by atoms with van der Waals surface area (Å²) in [6.45, 7) is 3.11. The molecule has 2 aliphatic rings. The summed E-state index contributed by atoms with van der Waals surface area (Å²) in [6, 6.07) is 4.30. The fourth-order valence-corrected chi connectivity index (χ4v) is 4.84. The van der Waals surface area contributed by atoms with Crippen LogP contribution in [0.25, 0.3) is 0 Å². The monoisotopic (exact) mass is 426 g/mol. The van der Waals surface area contributed by atoms with Gasteiger partial charge in [-0.05, 0) is 36.8 Å². The van der Waals surface area contributed by atoms with Crippen molar-refractivity contribution in [1.82, 2.24) is 9.97 Å². The molecule has 2 aliphatic heterocycles. The fourth-order valence-electron chi connectivity index (χ4n) is 3.89. The Labute approximate surface area is 169 Å². The number of nitrogens with two attached hydrogens (primary N) is 1. The minimum atomic E-state index is -4.61. The molecule has 3 N–H and O–H groups in total. The van der Waals surface area contributed by atoms with Crippen LogP contribution in [0.3, 0.4) is 0 Å². The zero-order valence-electron chi connectivity index (χ0n) is 15.6. The van der Waals surface area contributed by atoms with Crippen LogP contribution < -0.4 is 16.2 Å². The van der Waals surface area contributed by atoms with E-state index < -0.39 is 17.4 Å². The molecule has 2 aromatic rings. The number of anilines is 2. The summed E-state index contributed by atoms with van der Waals surface area (Å²) in [4.78, 5) is 20.7. The number of ether oxygens (including phenoxy) is 1. The van der Waals surface area contributed by atoms with Gasteiger partial charge in [0.15, 0.2) is 5.69 Å². The lowest BCUT2D eigenvalue weighted by atomic mass is 9.78. The van der Waals surface area contributed by atoms with Gasteiger partial charge in [-0.25, -0.2) is 0 Å². The number of rotatable bonds is 3. The summed E-state index contributed by atoms with van der Waals surface area (Å²) in [5, 5.41) is 0. The molecule has 0 bridgehead atoms. The molecule has 0 unspecified atom stereocenters. The van der Waals surface area contributed by atoms with Crippen LogP contribution >= 0.6 is 11.8 Å². The van der Waals surface area contributed by atoms with Gasteiger partial charge in [0.2, 0.25) is 0 Å². The van der Waals surface area contributed by atoms with Crippen LogP contribution in [-0.2, 0) is 10.9 Å². The van der Waals surface area contributed by atoms with E-state index in [1.165, 1.54) is 12.1 Å². The first-order valence-corrected chi connectivity index (χ1v) is 10.1. The number of pyridine rings is 2. The van der Waals surface area contributed by atoms with E-state index in [-0.39, 0.29) is 20.9 Å². The molecular weight excluding hydrogens is 405 g/mol. The van der Waals surface area contributed by atoms with Crippen molar-refractivity contribution in [2.45, 2.75) is 35.2 Å². The van der Waals surface area contributed by atoms with Gasteiger partial charge in [-0.2, -0.15) is 13.2 Å². The van der Waals surface area contributed by atoms with Crippen molar-refractivity contribution in [3.05, 3.63) is 40.4 Å². The summed E-state index contributed by atoms with van der Waals surface area (Å²) in [5.74, 6) is 0.591. The SMILES string of the molecule is Nc1cc(N2CCC3(CCOC3)CC2)[nH]c(=O)c1Sc1cccnc1C(F)(F)F. The summed E-state index contributed by atoms with van der Waals surface area (Å²) < 4.78 is 45.1. The highest BCUT2D eigenvalue weighted by molar-refractivity contribution is 7.99. The molecule has 0 aliphatic carbocycles. The van der Waals surface area contributed by atoms with Crippen LogP contribution in [0, 0.1) is 5.41 Å². The molecule has 2 saturated heterocycles. The number of piperidine rings is 1. The smallest absolute Gasteiger partial charge is 0.398 e. The van der Waals surface area contributed by atoms with Crippen molar-refractivity contribution >= 4 is 23.3 Å². The highest BCUT2D eigenvalue weighted by atomic mass is 32.2. The number of halogens is 3. The predicted octanol–water partition coefficient (Wildman–Crippen LogP) is 3.53. The number of nitrogens with zero attached hydrogens (tertiary/aromatic N) is 2. The van der Waals surface area contributed by atoms with Crippen molar-refractivity contribution < 1.29 is 17.9 Å². The van der Waals surface area contributed by atoms with E-state index in [9.17, 15) is 18.0 Å². The topological polar surface area (TPSA) is 84.2 Å². The lowest BCUT2D eigenvalue weighted by molar-refractivity contribution is -0.143. The van der Waals surface area contributed by atoms with Crippen LogP contribution in [0.15, 0.2) is 39.0 Å². The fraction of sp³-hybridized carbons (Fsp3) is 0.474. The molecular formula is C19H21F3N4O2S. The zero-order chi connectivity index (χ0) is 20.6. The van der Waals surface area contributed by atoms with Gasteiger partial charge in [0.1, 0.15) is 10.7 Å². The molecule has 4 rings (SSSR count). The van der Waals surface area contributed by atoms with E-state index in [1.807, 2.05) is 0 Å². The molecule has 0 aromatic carbocycles. The zero-order valence-corrected chi connectivity index (χ0v) is 16.4. The van der Waals surface area contributed by atoms with Crippen molar-refractivity contribution in [3.8, 4) is 0 Å². The maximum atomic E-state index is 13.2. The third-order valence-electron chi connectivity index (χ3n) is 5.60. The second-order valence-corrected chi connectivity index (χ2v) is 8.56. The van der Waals surface area contributed by atoms with Gasteiger partial charge in [-0.15, -0.1) is 0 Å². The lowest BCUT2D eigenvalue weighted by Crippen LogP contribution is -2.41. The van der Waals surface area contributed by atoms with Gasteiger partial charge in [0, 0.05) is 36.9 Å². The van der Waals surface area contributed by atoms with Gasteiger partial charge >= 0.3 is 6.18 Å². The van der Waals surface area contributed by atoms with Gasteiger partial charge in [0.25, 0.3) is 5.56 Å². The normalized spacial score (nSPS) is 19.1. The Bertz CT molecular complexity index is 947. The maximum Gasteiger partial charge on any atom is 0.434 e. The molecule has 2 fully saturated rings. The molecule has 1 spiro atoms. The average Bonchev–Trinajstić information content (AvgIpc) is 3.12. The van der Waals surface area contributed by atoms with Crippen LogP contribution in [0.4, 0.5) is 24.7 Å². The Balaban J connectivity index is 1.55. The van der Waals surface area contributed by atoms with Crippen LogP contribution in [-0.4, -0.2) is 36.3 Å². The first kappa shape index (κ1) is 20.1. The second kappa shape index (κ2) is 7.56. The van der Waals surface area contributed by atoms with E-state index in [4.69, 9.17) is 10.5 Å². The molecule has 0 saturated carbocycles. The van der Waals surface area contributed by atoms with Crippen molar-refractivity contribution in [1.29, 1.82) is 0 Å². The number of hydrogen-bond acceptors (Lipinski definition) is 6. The summed E-state index contributed by atoms with van der Waals surface area (Å²) in [6.07, 6.45) is -0.547. The number of nitrogens with one attached hydrogen (secondary N) is 1. The Hall–Kier alpha value is -2.20. The number of aromatic nitrogens is 2. The van der Waals surface area contributed by atoms with Crippen LogP contribution in [0.5, 0.6) is 0 Å². The minimum Gasteiger partial charge on any atom is -0.398 e. The first-order chi connectivity index (χ1) is 13.8. The van der Waals surface area contributed by atoms with Crippen molar-refractivity contribution in [3.63, 3.8) is 0 Å². The lowest BCUT2D eigenvalue weighted by Gasteiger charge is -2.39. The van der Waals surface area contributed by atoms with Crippen LogP contribution in [0.2, 0.25) is 0 Å². The Morgan fingerprint density at radius 2 is 2.03 bits per heavy atom. The first-order valence-electron chi connectivity index (χ1n) is 9.33. The van der Waals surface area contributed by atoms with E-state index in [2.05, 4.69) is 14.9 Å².